The van der Waals surface area contributed by atoms with Crippen LogP contribution in [0.1, 0.15) is 13.8 Å². The Kier molecular flexibility index (Phi) is 6.84. The molecule has 0 aliphatic carbocycles. The maximum Gasteiger partial charge on any atom is 0.431 e. The summed E-state index contributed by atoms with van der Waals surface area (Å²) in [7, 11) is 0. The molecule has 5 nitrogen and oxygen atoms in total. The van der Waals surface area contributed by atoms with E-state index in [1.54, 1.807) is 5.32 Å². The Morgan fingerprint density at radius 1 is 1.17 bits per heavy atom. The van der Waals surface area contributed by atoms with Crippen LogP contribution in [0.3, 0.4) is 0 Å². The molecule has 1 N–H and O–H groups in total. The Morgan fingerprint density at radius 3 is 2.17 bits per heavy atom. The van der Waals surface area contributed by atoms with E-state index < -0.39 is 30.4 Å². The fourth-order valence-electron chi connectivity index (χ4n) is 0.914. The zero-order chi connectivity index (χ0) is 14.2. The second kappa shape index (κ2) is 7.57. The van der Waals surface area contributed by atoms with Gasteiger partial charge in [0.1, 0.15) is 12.2 Å². The highest BCUT2D eigenvalue weighted by atomic mass is 19.4. The molecule has 0 aromatic heterocycles. The van der Waals surface area contributed by atoms with Gasteiger partial charge in [0, 0.05) is 0 Å². The third kappa shape index (κ3) is 6.77. The molecular formula is C10H14F3NO4. The number of nitrogens with one attached hydrogen (secondary N) is 1. The van der Waals surface area contributed by atoms with Gasteiger partial charge in [-0.3, -0.25) is 4.79 Å². The average molecular weight is 269 g/mol. The fraction of sp³-hybridized carbons (Fsp3) is 0.600. The van der Waals surface area contributed by atoms with Crippen molar-refractivity contribution in [1.82, 2.24) is 5.32 Å². The third-order valence-electron chi connectivity index (χ3n) is 1.58. The van der Waals surface area contributed by atoms with E-state index in [0.29, 0.717) is 0 Å². The zero-order valence-corrected chi connectivity index (χ0v) is 9.97. The minimum Gasteiger partial charge on any atom is -0.465 e. The van der Waals surface area contributed by atoms with Gasteiger partial charge in [0.05, 0.1) is 19.3 Å². The Hall–Kier alpha value is -1.73. The van der Waals surface area contributed by atoms with Crippen molar-refractivity contribution in [2.75, 3.05) is 19.8 Å². The van der Waals surface area contributed by atoms with E-state index in [0.717, 1.165) is 0 Å². The van der Waals surface area contributed by atoms with Gasteiger partial charge in [0.2, 0.25) is 0 Å². The molecular weight excluding hydrogens is 255 g/mol. The average Bonchev–Trinajstić information content (AvgIpc) is 2.23. The highest BCUT2D eigenvalue weighted by Crippen LogP contribution is 2.23. The zero-order valence-electron chi connectivity index (χ0n) is 9.97. The highest BCUT2D eigenvalue weighted by Gasteiger charge is 2.35. The summed E-state index contributed by atoms with van der Waals surface area (Å²) >= 11 is 0. The number of alkyl halides is 3. The summed E-state index contributed by atoms with van der Waals surface area (Å²) in [4.78, 5) is 21.8. The normalized spacial score (nSPS) is 11.9. The predicted molar refractivity (Wildman–Crippen MR) is 55.4 cm³/mol. The molecule has 0 aliphatic heterocycles. The smallest absolute Gasteiger partial charge is 0.431 e. The number of carbonyl (C=O) groups is 2. The van der Waals surface area contributed by atoms with Crippen LogP contribution in [0.2, 0.25) is 0 Å². The molecule has 0 aromatic rings. The molecule has 0 aliphatic rings. The predicted octanol–water partition coefficient (Wildman–Crippen LogP) is 1.15. The SMILES string of the molecule is CCOC(=O)C=C(NCC(=O)OCC)C(F)(F)F. The van der Waals surface area contributed by atoms with Crippen LogP contribution in [-0.4, -0.2) is 37.9 Å². The first-order valence-corrected chi connectivity index (χ1v) is 5.16. The molecule has 0 saturated heterocycles. The minimum atomic E-state index is -4.78. The van der Waals surface area contributed by atoms with Crippen LogP contribution < -0.4 is 5.32 Å². The van der Waals surface area contributed by atoms with Gasteiger partial charge in [-0.25, -0.2) is 4.79 Å². The number of hydrogen-bond acceptors (Lipinski definition) is 5. The summed E-state index contributed by atoms with van der Waals surface area (Å²) in [6.45, 7) is 2.32. The van der Waals surface area contributed by atoms with Gasteiger partial charge in [-0.15, -0.1) is 0 Å². The summed E-state index contributed by atoms with van der Waals surface area (Å²) in [5, 5.41) is 1.79. The van der Waals surface area contributed by atoms with Crippen molar-refractivity contribution >= 4 is 11.9 Å². The summed E-state index contributed by atoms with van der Waals surface area (Å²) in [5.74, 6) is -1.99. The second-order valence-electron chi connectivity index (χ2n) is 2.97. The van der Waals surface area contributed by atoms with Gasteiger partial charge in [-0.05, 0) is 13.8 Å². The molecule has 0 aromatic carbocycles. The standard InChI is InChI=1S/C10H14F3NO4/c1-3-17-8(15)5-7(10(11,12)13)14-6-9(16)18-4-2/h5,14H,3-4,6H2,1-2H3. The summed E-state index contributed by atoms with van der Waals surface area (Å²) < 4.78 is 46.2. The van der Waals surface area contributed by atoms with Crippen LogP contribution in [-0.2, 0) is 19.1 Å². The van der Waals surface area contributed by atoms with Crippen LogP contribution >= 0.6 is 0 Å². The van der Waals surface area contributed by atoms with Crippen molar-refractivity contribution < 1.29 is 32.2 Å². The van der Waals surface area contributed by atoms with Gasteiger partial charge in [-0.1, -0.05) is 0 Å². The van der Waals surface area contributed by atoms with Crippen molar-refractivity contribution in [1.29, 1.82) is 0 Å². The monoisotopic (exact) mass is 269 g/mol. The van der Waals surface area contributed by atoms with Crippen LogP contribution in [0.4, 0.5) is 13.2 Å². The Labute approximate surface area is 102 Å². The quantitative estimate of drug-likeness (QED) is 0.579. The Morgan fingerprint density at radius 2 is 1.72 bits per heavy atom. The van der Waals surface area contributed by atoms with Crippen molar-refractivity contribution in [2.45, 2.75) is 20.0 Å². The second-order valence-corrected chi connectivity index (χ2v) is 2.97. The third-order valence-corrected chi connectivity index (χ3v) is 1.58. The number of hydrogen-bond donors (Lipinski definition) is 1. The van der Waals surface area contributed by atoms with Gasteiger partial charge in [0.15, 0.2) is 0 Å². The number of rotatable bonds is 6. The molecule has 0 rings (SSSR count). The lowest BCUT2D eigenvalue weighted by Gasteiger charge is -2.13. The van der Waals surface area contributed by atoms with E-state index in [-0.39, 0.29) is 19.3 Å². The number of esters is 2. The molecule has 0 radical (unpaired) electrons. The summed E-state index contributed by atoms with van der Waals surface area (Å²) in [6, 6.07) is 0. The number of allylic oxidation sites excluding steroid dienone is 1. The first-order chi connectivity index (χ1) is 8.31. The van der Waals surface area contributed by atoms with Gasteiger partial charge in [0.25, 0.3) is 0 Å². The van der Waals surface area contributed by atoms with Crippen molar-refractivity contribution in [3.05, 3.63) is 11.8 Å². The molecule has 0 fully saturated rings. The first kappa shape index (κ1) is 16.3. The first-order valence-electron chi connectivity index (χ1n) is 5.16. The van der Waals surface area contributed by atoms with Crippen LogP contribution in [0.25, 0.3) is 0 Å². The Balaban J connectivity index is 4.61. The minimum absolute atomic E-state index is 0.0433. The molecule has 0 bridgehead atoms. The largest absolute Gasteiger partial charge is 0.465 e. The van der Waals surface area contributed by atoms with E-state index in [1.165, 1.54) is 13.8 Å². The van der Waals surface area contributed by atoms with Crippen molar-refractivity contribution in [3.63, 3.8) is 0 Å². The van der Waals surface area contributed by atoms with Crippen molar-refractivity contribution in [3.8, 4) is 0 Å². The number of carbonyl (C=O) groups excluding carboxylic acids is 2. The van der Waals surface area contributed by atoms with E-state index in [1.807, 2.05) is 0 Å². The van der Waals surface area contributed by atoms with E-state index in [9.17, 15) is 22.8 Å². The lowest BCUT2D eigenvalue weighted by atomic mass is 10.3. The van der Waals surface area contributed by atoms with Gasteiger partial charge in [-0.2, -0.15) is 13.2 Å². The number of halogens is 3. The molecule has 8 heteroatoms. The Bertz CT molecular complexity index is 326. The molecule has 0 heterocycles. The highest BCUT2D eigenvalue weighted by molar-refractivity contribution is 5.83. The molecule has 0 spiro atoms. The molecule has 104 valence electrons. The molecule has 0 unspecified atom stereocenters. The summed E-state index contributed by atoms with van der Waals surface area (Å²) in [6.07, 6.45) is -4.53. The fourth-order valence-corrected chi connectivity index (χ4v) is 0.914. The molecule has 0 atom stereocenters. The van der Waals surface area contributed by atoms with Crippen LogP contribution in [0.5, 0.6) is 0 Å². The maximum absolute atomic E-state index is 12.5. The van der Waals surface area contributed by atoms with Crippen LogP contribution in [0.15, 0.2) is 11.8 Å². The lowest BCUT2D eigenvalue weighted by Crippen LogP contribution is -2.32. The molecule has 18 heavy (non-hydrogen) atoms. The lowest BCUT2D eigenvalue weighted by molar-refractivity contribution is -0.143. The van der Waals surface area contributed by atoms with E-state index in [2.05, 4.69) is 9.47 Å². The maximum atomic E-state index is 12.5. The molecule has 0 amide bonds. The van der Waals surface area contributed by atoms with Crippen LogP contribution in [0, 0.1) is 0 Å². The van der Waals surface area contributed by atoms with E-state index in [4.69, 9.17) is 0 Å². The molecule has 0 saturated carbocycles. The van der Waals surface area contributed by atoms with Gasteiger partial charge >= 0.3 is 18.1 Å². The van der Waals surface area contributed by atoms with Crippen molar-refractivity contribution in [2.24, 2.45) is 0 Å². The number of ether oxygens (including phenoxy) is 2. The van der Waals surface area contributed by atoms with E-state index >= 15 is 0 Å². The van der Waals surface area contributed by atoms with Gasteiger partial charge < -0.3 is 14.8 Å². The summed E-state index contributed by atoms with van der Waals surface area (Å²) in [5.41, 5.74) is -1.35. The topological polar surface area (TPSA) is 64.6 Å².